The molecule has 0 aliphatic heterocycles. The highest BCUT2D eigenvalue weighted by atomic mass is 79.9. The summed E-state index contributed by atoms with van der Waals surface area (Å²) in [6.45, 7) is 0.383. The first-order valence-electron chi connectivity index (χ1n) is 5.05. The number of H-pyrrole nitrogens is 1. The fraction of sp³-hybridized carbons (Fsp3) is 0.182. The third kappa shape index (κ3) is 3.25. The molecule has 0 radical (unpaired) electrons. The Labute approximate surface area is 110 Å². The Bertz CT molecular complexity index is 523. The Kier molecular flexibility index (Phi) is 3.60. The van der Waals surface area contributed by atoms with Gasteiger partial charge in [0.15, 0.2) is 0 Å². The van der Waals surface area contributed by atoms with Crippen molar-refractivity contribution < 1.29 is 13.2 Å². The Hall–Kier alpha value is -1.50. The van der Waals surface area contributed by atoms with Crippen LogP contribution in [0.5, 0.6) is 0 Å². The van der Waals surface area contributed by atoms with Crippen LogP contribution in [0, 0.1) is 0 Å². The highest BCUT2D eigenvalue weighted by molar-refractivity contribution is 9.10. The van der Waals surface area contributed by atoms with Crippen LogP contribution in [-0.2, 0) is 12.7 Å². The van der Waals surface area contributed by atoms with Gasteiger partial charge >= 0.3 is 6.18 Å². The highest BCUT2D eigenvalue weighted by Gasteiger charge is 2.31. The van der Waals surface area contributed by atoms with E-state index in [1.54, 1.807) is 18.3 Å². The van der Waals surface area contributed by atoms with Gasteiger partial charge in [-0.25, -0.2) is 0 Å². The van der Waals surface area contributed by atoms with E-state index in [2.05, 4.69) is 31.4 Å². The van der Waals surface area contributed by atoms with Gasteiger partial charge in [-0.3, -0.25) is 5.10 Å². The molecule has 2 rings (SSSR count). The summed E-state index contributed by atoms with van der Waals surface area (Å²) in [5.74, 6) is 0. The van der Waals surface area contributed by atoms with Crippen molar-refractivity contribution in [2.75, 3.05) is 5.32 Å². The maximum Gasteiger partial charge on any atom is 0.416 e. The van der Waals surface area contributed by atoms with Gasteiger partial charge in [0.2, 0.25) is 0 Å². The quantitative estimate of drug-likeness (QED) is 0.903. The van der Waals surface area contributed by atoms with Crippen molar-refractivity contribution in [1.82, 2.24) is 10.2 Å². The molecule has 3 nitrogen and oxygen atoms in total. The van der Waals surface area contributed by atoms with Crippen LogP contribution in [0.3, 0.4) is 0 Å². The van der Waals surface area contributed by atoms with E-state index >= 15 is 0 Å². The molecule has 0 atom stereocenters. The zero-order valence-electron chi connectivity index (χ0n) is 9.05. The van der Waals surface area contributed by atoms with E-state index in [1.165, 1.54) is 0 Å². The normalized spacial score (nSPS) is 11.6. The molecule has 2 aromatic rings. The minimum absolute atomic E-state index is 0.379. The van der Waals surface area contributed by atoms with Crippen LogP contribution < -0.4 is 5.32 Å². The molecule has 1 heterocycles. The van der Waals surface area contributed by atoms with Crippen LogP contribution in [0.15, 0.2) is 34.9 Å². The number of aromatic nitrogens is 2. The molecule has 96 valence electrons. The summed E-state index contributed by atoms with van der Waals surface area (Å²) in [6, 6.07) is 5.45. The molecule has 18 heavy (non-hydrogen) atoms. The van der Waals surface area contributed by atoms with Crippen molar-refractivity contribution >= 4 is 21.6 Å². The van der Waals surface area contributed by atoms with Gasteiger partial charge in [-0.1, -0.05) is 15.9 Å². The summed E-state index contributed by atoms with van der Waals surface area (Å²) >= 11 is 3.06. The Balaban J connectivity index is 2.15. The lowest BCUT2D eigenvalue weighted by atomic mass is 10.2. The molecular formula is C11H9BrF3N3. The molecule has 7 heteroatoms. The zero-order chi connectivity index (χ0) is 13.2. The second-order valence-corrected chi connectivity index (χ2v) is 4.58. The number of benzene rings is 1. The molecular weight excluding hydrogens is 311 g/mol. The molecule has 0 aliphatic rings. The molecule has 2 N–H and O–H groups in total. The van der Waals surface area contributed by atoms with Gasteiger partial charge in [-0.2, -0.15) is 18.3 Å². The molecule has 0 saturated heterocycles. The van der Waals surface area contributed by atoms with Gasteiger partial charge in [-0.15, -0.1) is 0 Å². The van der Waals surface area contributed by atoms with E-state index in [9.17, 15) is 13.2 Å². The standard InChI is InChI=1S/C11H9BrF3N3/c12-8-3-7(11(13,14)15)4-10(5-8)16-6-9-1-2-17-18-9/h1-5,16H,6H2,(H,17,18). The molecule has 0 unspecified atom stereocenters. The number of nitrogens with zero attached hydrogens (tertiary/aromatic N) is 1. The monoisotopic (exact) mass is 319 g/mol. The molecule has 0 amide bonds. The highest BCUT2D eigenvalue weighted by Crippen LogP contribution is 2.33. The molecule has 0 bridgehead atoms. The lowest BCUT2D eigenvalue weighted by Crippen LogP contribution is -2.07. The summed E-state index contributed by atoms with van der Waals surface area (Å²) in [5.41, 5.74) is 0.499. The van der Waals surface area contributed by atoms with Gasteiger partial charge in [0, 0.05) is 16.4 Å². The molecule has 0 saturated carbocycles. The Morgan fingerprint density at radius 2 is 2.06 bits per heavy atom. The number of hydrogen-bond acceptors (Lipinski definition) is 2. The third-order valence-corrected chi connectivity index (χ3v) is 2.72. The van der Waals surface area contributed by atoms with Crippen LogP contribution in [0.1, 0.15) is 11.3 Å². The molecule has 1 aromatic carbocycles. The number of alkyl halides is 3. The number of hydrogen-bond donors (Lipinski definition) is 2. The van der Waals surface area contributed by atoms with Crippen molar-refractivity contribution in [3.63, 3.8) is 0 Å². The van der Waals surface area contributed by atoms with Gasteiger partial charge in [0.05, 0.1) is 17.8 Å². The van der Waals surface area contributed by atoms with E-state index in [-0.39, 0.29) is 0 Å². The largest absolute Gasteiger partial charge is 0.416 e. The second kappa shape index (κ2) is 5.01. The molecule has 0 fully saturated rings. The van der Waals surface area contributed by atoms with Crippen molar-refractivity contribution in [3.8, 4) is 0 Å². The van der Waals surface area contributed by atoms with Gasteiger partial charge < -0.3 is 5.32 Å². The predicted molar refractivity (Wildman–Crippen MR) is 65.1 cm³/mol. The number of anilines is 1. The fourth-order valence-electron chi connectivity index (χ4n) is 1.44. The maximum atomic E-state index is 12.6. The number of halogens is 4. The summed E-state index contributed by atoms with van der Waals surface area (Å²) in [7, 11) is 0. The van der Waals surface area contributed by atoms with Crippen LogP contribution in [-0.4, -0.2) is 10.2 Å². The minimum atomic E-state index is -4.35. The molecule has 1 aromatic heterocycles. The summed E-state index contributed by atoms with van der Waals surface area (Å²) in [6.07, 6.45) is -2.77. The zero-order valence-corrected chi connectivity index (χ0v) is 10.6. The lowest BCUT2D eigenvalue weighted by Gasteiger charge is -2.11. The van der Waals surface area contributed by atoms with Crippen LogP contribution >= 0.6 is 15.9 Å². The van der Waals surface area contributed by atoms with E-state index in [4.69, 9.17) is 0 Å². The number of aromatic amines is 1. The van der Waals surface area contributed by atoms with Crippen LogP contribution in [0.4, 0.5) is 18.9 Å². The topological polar surface area (TPSA) is 40.7 Å². The van der Waals surface area contributed by atoms with E-state index < -0.39 is 11.7 Å². The first-order chi connectivity index (χ1) is 8.45. The lowest BCUT2D eigenvalue weighted by molar-refractivity contribution is -0.137. The Morgan fingerprint density at radius 3 is 2.67 bits per heavy atom. The first-order valence-corrected chi connectivity index (χ1v) is 5.84. The van der Waals surface area contributed by atoms with Crippen LogP contribution in [0.2, 0.25) is 0 Å². The Morgan fingerprint density at radius 1 is 1.28 bits per heavy atom. The van der Waals surface area contributed by atoms with E-state index in [0.717, 1.165) is 17.8 Å². The summed E-state index contributed by atoms with van der Waals surface area (Å²) < 4.78 is 38.2. The van der Waals surface area contributed by atoms with E-state index in [0.29, 0.717) is 16.7 Å². The van der Waals surface area contributed by atoms with E-state index in [1.807, 2.05) is 0 Å². The van der Waals surface area contributed by atoms with Crippen molar-refractivity contribution in [3.05, 3.63) is 46.2 Å². The molecule has 0 spiro atoms. The first kappa shape index (κ1) is 12.9. The van der Waals surface area contributed by atoms with Gasteiger partial charge in [0.25, 0.3) is 0 Å². The van der Waals surface area contributed by atoms with Gasteiger partial charge in [-0.05, 0) is 24.3 Å². The number of nitrogens with one attached hydrogen (secondary N) is 2. The fourth-order valence-corrected chi connectivity index (χ4v) is 1.93. The smallest absolute Gasteiger partial charge is 0.379 e. The van der Waals surface area contributed by atoms with Crippen molar-refractivity contribution in [1.29, 1.82) is 0 Å². The summed E-state index contributed by atoms with van der Waals surface area (Å²) in [4.78, 5) is 0. The number of rotatable bonds is 3. The summed E-state index contributed by atoms with van der Waals surface area (Å²) in [5, 5.41) is 9.37. The predicted octanol–water partition coefficient (Wildman–Crippen LogP) is 3.80. The maximum absolute atomic E-state index is 12.6. The second-order valence-electron chi connectivity index (χ2n) is 3.66. The third-order valence-electron chi connectivity index (χ3n) is 2.27. The molecule has 0 aliphatic carbocycles. The average molecular weight is 320 g/mol. The van der Waals surface area contributed by atoms with Crippen molar-refractivity contribution in [2.24, 2.45) is 0 Å². The van der Waals surface area contributed by atoms with Crippen molar-refractivity contribution in [2.45, 2.75) is 12.7 Å². The average Bonchev–Trinajstić information content (AvgIpc) is 2.77. The SMILES string of the molecule is FC(F)(F)c1cc(Br)cc(NCc2ccn[nH]2)c1. The van der Waals surface area contributed by atoms with Crippen LogP contribution in [0.25, 0.3) is 0 Å². The minimum Gasteiger partial charge on any atom is -0.379 e. The van der Waals surface area contributed by atoms with Gasteiger partial charge in [0.1, 0.15) is 0 Å².